The molecule has 1 spiro atoms. The van der Waals surface area contributed by atoms with Gasteiger partial charge in [0.15, 0.2) is 23.2 Å². The molecule has 1 aromatic rings. The number of methoxy groups -OCH3 is 2. The Morgan fingerprint density at radius 2 is 1.97 bits per heavy atom. The molecule has 10 nitrogen and oxygen atoms in total. The van der Waals surface area contributed by atoms with Crippen molar-refractivity contribution in [2.24, 2.45) is 0 Å². The first-order valence-electron chi connectivity index (χ1n) is 14.5. The lowest BCUT2D eigenvalue weighted by Crippen LogP contribution is -2.49. The molecule has 1 aromatic carbocycles. The molecule has 208 valence electrons. The molecule has 0 radical (unpaired) electrons. The summed E-state index contributed by atoms with van der Waals surface area (Å²) in [6.45, 7) is 4.72. The van der Waals surface area contributed by atoms with Crippen molar-refractivity contribution in [3.05, 3.63) is 35.1 Å². The number of carbonyl (C=O) groups excluding carboxylic acids is 2. The van der Waals surface area contributed by atoms with Crippen LogP contribution in [0.4, 0.5) is 0 Å². The quantitative estimate of drug-likeness (QED) is 0.480. The van der Waals surface area contributed by atoms with Crippen LogP contribution in [0.25, 0.3) is 0 Å². The van der Waals surface area contributed by atoms with E-state index in [0.29, 0.717) is 17.3 Å². The van der Waals surface area contributed by atoms with Crippen molar-refractivity contribution in [2.45, 2.75) is 81.1 Å². The fourth-order valence-corrected chi connectivity index (χ4v) is 6.37. The zero-order valence-electron chi connectivity index (χ0n) is 25.0. The molecule has 1 saturated heterocycles. The first-order chi connectivity index (χ1) is 19.1. The van der Waals surface area contributed by atoms with Crippen LogP contribution in [0.2, 0.25) is 0 Å². The standard InChI is InChI=1S/C28H37NO9/c1-26(2,32)8-9-28(33,15-22(30)35-4)25(31)38-24-21(34-3)14-27-7-5-10-29(27)11-6-17-12-19-20(37-16-36-19)13-18(17)23(24)27/h12-14,23-24,32-33H,5-11,15-16H2,1-4H3/t23-,24?,27+,28?/m1/s1/i4D3. The Bertz CT molecular complexity index is 1240. The van der Waals surface area contributed by atoms with E-state index in [-0.39, 0.29) is 19.6 Å². The number of nitrogens with zero attached hydrogens (tertiary/aromatic N) is 1. The summed E-state index contributed by atoms with van der Waals surface area (Å²) in [4.78, 5) is 28.6. The first-order valence-corrected chi connectivity index (χ1v) is 13.0. The summed E-state index contributed by atoms with van der Waals surface area (Å²) in [5.41, 5.74) is -2.32. The number of rotatable bonds is 8. The molecule has 5 rings (SSSR count). The predicted octanol–water partition coefficient (Wildman–Crippen LogP) is 2.19. The highest BCUT2D eigenvalue weighted by Crippen LogP contribution is 2.55. The Hall–Kier alpha value is -2.82. The Labute approximate surface area is 226 Å². The van der Waals surface area contributed by atoms with Crippen LogP contribution in [0.1, 0.15) is 67.1 Å². The minimum absolute atomic E-state index is 0.0786. The van der Waals surface area contributed by atoms with E-state index in [1.807, 2.05) is 18.2 Å². The lowest BCUT2D eigenvalue weighted by Gasteiger charge is -2.39. The Kier molecular flexibility index (Phi) is 5.92. The summed E-state index contributed by atoms with van der Waals surface area (Å²) in [6.07, 6.45) is 2.10. The Morgan fingerprint density at radius 3 is 2.68 bits per heavy atom. The summed E-state index contributed by atoms with van der Waals surface area (Å²) in [5.74, 6) is -1.18. The molecule has 0 saturated carbocycles. The van der Waals surface area contributed by atoms with Crippen molar-refractivity contribution < 1.29 is 47.6 Å². The average Bonchev–Trinajstić information content (AvgIpc) is 3.54. The van der Waals surface area contributed by atoms with Crippen molar-refractivity contribution in [3.8, 4) is 11.5 Å². The van der Waals surface area contributed by atoms with Gasteiger partial charge in [-0.05, 0) is 81.8 Å². The van der Waals surface area contributed by atoms with Crippen LogP contribution in [0, 0.1) is 0 Å². The molecule has 2 unspecified atom stereocenters. The maximum absolute atomic E-state index is 13.8. The minimum Gasteiger partial charge on any atom is -0.497 e. The van der Waals surface area contributed by atoms with Gasteiger partial charge >= 0.3 is 11.9 Å². The summed E-state index contributed by atoms with van der Waals surface area (Å²) >= 11 is 0. The number of aliphatic hydroxyl groups is 2. The fourth-order valence-electron chi connectivity index (χ4n) is 6.37. The third kappa shape index (κ3) is 4.63. The molecule has 0 bridgehead atoms. The second kappa shape index (κ2) is 9.73. The van der Waals surface area contributed by atoms with Crippen LogP contribution in [0.3, 0.4) is 0 Å². The Balaban J connectivity index is 1.51. The van der Waals surface area contributed by atoms with Gasteiger partial charge in [0.1, 0.15) is 5.76 Å². The fraction of sp³-hybridized carbons (Fsp3) is 0.643. The normalized spacial score (nSPS) is 28.9. The molecule has 3 aliphatic heterocycles. The van der Waals surface area contributed by atoms with Gasteiger partial charge in [0, 0.05) is 6.54 Å². The average molecular weight is 535 g/mol. The topological polar surface area (TPSA) is 124 Å². The lowest BCUT2D eigenvalue weighted by molar-refractivity contribution is -0.179. The van der Waals surface area contributed by atoms with E-state index >= 15 is 0 Å². The zero-order chi connectivity index (χ0) is 29.8. The van der Waals surface area contributed by atoms with Crippen LogP contribution in [0.5, 0.6) is 11.5 Å². The van der Waals surface area contributed by atoms with E-state index in [2.05, 4.69) is 9.64 Å². The van der Waals surface area contributed by atoms with Crippen LogP contribution in [0.15, 0.2) is 24.0 Å². The summed E-state index contributed by atoms with van der Waals surface area (Å²) in [6, 6.07) is 3.88. The van der Waals surface area contributed by atoms with Crippen molar-refractivity contribution >= 4 is 11.9 Å². The van der Waals surface area contributed by atoms with E-state index in [0.717, 1.165) is 43.5 Å². The number of hydrogen-bond donors (Lipinski definition) is 2. The number of ether oxygens (including phenoxy) is 5. The molecule has 1 aliphatic carbocycles. The number of fused-ring (bicyclic) bond motifs is 3. The number of benzene rings is 1. The first kappa shape index (κ1) is 23.1. The molecular formula is C28H37NO9. The third-order valence-corrected chi connectivity index (χ3v) is 8.28. The zero-order valence-corrected chi connectivity index (χ0v) is 22.0. The van der Waals surface area contributed by atoms with Crippen LogP contribution < -0.4 is 9.47 Å². The molecular weight excluding hydrogens is 494 g/mol. The largest absolute Gasteiger partial charge is 0.497 e. The maximum atomic E-state index is 13.8. The summed E-state index contributed by atoms with van der Waals surface area (Å²) in [7, 11) is -1.56. The number of carbonyl (C=O) groups is 2. The van der Waals surface area contributed by atoms with Gasteiger partial charge in [0.25, 0.3) is 0 Å². The van der Waals surface area contributed by atoms with Crippen molar-refractivity contribution in [1.29, 1.82) is 0 Å². The molecule has 4 atom stereocenters. The van der Waals surface area contributed by atoms with Gasteiger partial charge in [-0.15, -0.1) is 0 Å². The van der Waals surface area contributed by atoms with Gasteiger partial charge in [-0.1, -0.05) is 0 Å². The van der Waals surface area contributed by atoms with Gasteiger partial charge < -0.3 is 33.9 Å². The molecule has 0 aromatic heterocycles. The van der Waals surface area contributed by atoms with E-state index in [1.54, 1.807) is 0 Å². The predicted molar refractivity (Wildman–Crippen MR) is 135 cm³/mol. The van der Waals surface area contributed by atoms with E-state index in [4.69, 9.17) is 23.1 Å². The SMILES string of the molecule is [2H]C([2H])([2H])OC(=O)CC(O)(CCC(C)(C)O)C(=O)OC1C(OC)=C[C@]23CCCN2CCc2cc4c(cc2[C@H]13)OCO4. The minimum atomic E-state index is -3.05. The van der Waals surface area contributed by atoms with E-state index in [9.17, 15) is 19.8 Å². The van der Waals surface area contributed by atoms with E-state index in [1.165, 1.54) is 21.0 Å². The van der Waals surface area contributed by atoms with Gasteiger partial charge in [0.05, 0.1) is 41.7 Å². The van der Waals surface area contributed by atoms with Gasteiger partial charge in [0.2, 0.25) is 6.79 Å². The molecule has 2 N–H and O–H groups in total. The van der Waals surface area contributed by atoms with Gasteiger partial charge in [-0.2, -0.15) is 0 Å². The highest BCUT2D eigenvalue weighted by atomic mass is 16.7. The number of esters is 2. The van der Waals surface area contributed by atoms with Gasteiger partial charge in [-0.3, -0.25) is 9.69 Å². The van der Waals surface area contributed by atoms with Crippen molar-refractivity contribution in [1.82, 2.24) is 4.90 Å². The molecule has 4 aliphatic rings. The monoisotopic (exact) mass is 534 g/mol. The lowest BCUT2D eigenvalue weighted by atomic mass is 9.77. The van der Waals surface area contributed by atoms with Crippen LogP contribution >= 0.6 is 0 Å². The third-order valence-electron chi connectivity index (χ3n) is 8.28. The van der Waals surface area contributed by atoms with Crippen molar-refractivity contribution in [2.75, 3.05) is 34.0 Å². The van der Waals surface area contributed by atoms with E-state index < -0.39 is 54.2 Å². The second-order valence-electron chi connectivity index (χ2n) is 11.3. The number of hydrogen-bond acceptors (Lipinski definition) is 10. The highest BCUT2D eigenvalue weighted by molar-refractivity contribution is 5.86. The molecule has 3 heterocycles. The molecule has 1 fully saturated rings. The van der Waals surface area contributed by atoms with Crippen LogP contribution in [-0.4, -0.2) is 83.9 Å². The second-order valence-corrected chi connectivity index (χ2v) is 11.3. The maximum Gasteiger partial charge on any atom is 0.339 e. The highest BCUT2D eigenvalue weighted by Gasteiger charge is 2.59. The summed E-state index contributed by atoms with van der Waals surface area (Å²) in [5, 5.41) is 21.8. The van der Waals surface area contributed by atoms with Crippen molar-refractivity contribution in [3.63, 3.8) is 0 Å². The smallest absolute Gasteiger partial charge is 0.339 e. The molecule has 10 heteroatoms. The van der Waals surface area contributed by atoms with Crippen LogP contribution in [-0.2, 0) is 30.2 Å². The molecule has 38 heavy (non-hydrogen) atoms. The Morgan fingerprint density at radius 1 is 1.21 bits per heavy atom. The molecule has 0 amide bonds. The summed E-state index contributed by atoms with van der Waals surface area (Å²) < 4.78 is 49.2. The van der Waals surface area contributed by atoms with Gasteiger partial charge in [-0.25, -0.2) is 4.79 Å².